The van der Waals surface area contributed by atoms with Gasteiger partial charge in [0, 0.05) is 18.1 Å². The molecule has 3 rings (SSSR count). The van der Waals surface area contributed by atoms with Gasteiger partial charge in [0.1, 0.15) is 0 Å². The van der Waals surface area contributed by atoms with Crippen LogP contribution in [0.2, 0.25) is 0 Å². The lowest BCUT2D eigenvalue weighted by Gasteiger charge is -2.01. The third-order valence-electron chi connectivity index (χ3n) is 3.79. The van der Waals surface area contributed by atoms with Crippen LogP contribution in [0.15, 0.2) is 55.2 Å². The van der Waals surface area contributed by atoms with E-state index in [1.54, 1.807) is 6.33 Å². The highest BCUT2D eigenvalue weighted by molar-refractivity contribution is 5.17. The Labute approximate surface area is 230 Å². The molecule has 0 aliphatic heterocycles. The second-order valence-electron chi connectivity index (χ2n) is 6.91. The van der Waals surface area contributed by atoms with Crippen LogP contribution in [0.1, 0.15) is 155 Å². The molecule has 0 saturated carbocycles. The Hall–Kier alpha value is -2.36. The molecule has 0 bridgehead atoms. The van der Waals surface area contributed by atoms with Crippen LogP contribution >= 0.6 is 0 Å². The van der Waals surface area contributed by atoms with E-state index in [1.807, 2.05) is 66.2 Å². The summed E-state index contributed by atoms with van der Waals surface area (Å²) in [5.41, 5.74) is 3.88. The number of nitrogens with one attached hydrogen (secondary N) is 2. The highest BCUT2D eigenvalue weighted by atomic mass is 15.1. The SMILES string of the molecule is C.C.C.C.C.CC.CC.CC.CC(C)c1ccccc1.CC(C)c1cn[nH]c1.CC(C)c1cnc[nH]1. The fourth-order valence-corrected chi connectivity index (χ4v) is 2.00. The van der Waals surface area contributed by atoms with E-state index in [2.05, 4.69) is 86.0 Å². The van der Waals surface area contributed by atoms with Gasteiger partial charge in [-0.2, -0.15) is 5.10 Å². The Morgan fingerprint density at radius 3 is 1.22 bits per heavy atom. The van der Waals surface area contributed by atoms with Crippen molar-refractivity contribution < 1.29 is 0 Å². The van der Waals surface area contributed by atoms with Crippen molar-refractivity contribution in [3.8, 4) is 0 Å². The van der Waals surface area contributed by atoms with E-state index in [9.17, 15) is 0 Å². The number of benzene rings is 1. The Balaban J connectivity index is -0.0000000463. The van der Waals surface area contributed by atoms with Crippen LogP contribution in [0.3, 0.4) is 0 Å². The predicted octanol–water partition coefficient (Wildman–Crippen LogP) is 12.1. The molecule has 0 amide bonds. The second kappa shape index (κ2) is 39.8. The average Bonchev–Trinajstić information content (AvgIpc) is 3.54. The minimum absolute atomic E-state index is 0. The van der Waals surface area contributed by atoms with Crippen molar-refractivity contribution >= 4 is 0 Å². The van der Waals surface area contributed by atoms with Gasteiger partial charge >= 0.3 is 0 Å². The van der Waals surface area contributed by atoms with Crippen LogP contribution in [-0.2, 0) is 0 Å². The third kappa shape index (κ3) is 29.7. The first kappa shape index (κ1) is 54.5. The van der Waals surface area contributed by atoms with E-state index in [0.717, 1.165) is 0 Å². The first-order valence-corrected chi connectivity index (χ1v) is 11.9. The molecule has 2 heterocycles. The molecule has 218 valence electrons. The van der Waals surface area contributed by atoms with Crippen molar-refractivity contribution in [3.63, 3.8) is 0 Å². The zero-order valence-corrected chi connectivity index (χ0v) is 22.3. The molecule has 0 spiro atoms. The molecule has 1 aromatic carbocycles. The number of H-pyrrole nitrogens is 2. The van der Waals surface area contributed by atoms with Gasteiger partial charge in [0.2, 0.25) is 0 Å². The van der Waals surface area contributed by atoms with Crippen LogP contribution in [0.25, 0.3) is 0 Å². The molecule has 3 aromatic rings. The summed E-state index contributed by atoms with van der Waals surface area (Å²) in [6.45, 7) is 25.0. The number of hydrogen-bond acceptors (Lipinski definition) is 2. The van der Waals surface area contributed by atoms with E-state index in [0.29, 0.717) is 17.8 Å². The average molecular weight is 511 g/mol. The lowest BCUT2D eigenvalue weighted by atomic mass is 10.0. The Morgan fingerprint density at radius 2 is 1.03 bits per heavy atom. The molecule has 0 fully saturated rings. The minimum atomic E-state index is 0. The summed E-state index contributed by atoms with van der Waals surface area (Å²) in [4.78, 5) is 6.91. The topological polar surface area (TPSA) is 57.4 Å². The lowest BCUT2D eigenvalue weighted by Crippen LogP contribution is -1.84. The fraction of sp³-hybridized carbons (Fsp3) is 0.625. The van der Waals surface area contributed by atoms with Gasteiger partial charge in [-0.1, -0.05) is 151 Å². The largest absolute Gasteiger partial charge is 0.348 e. The number of aromatic amines is 2. The molecule has 4 nitrogen and oxygen atoms in total. The van der Waals surface area contributed by atoms with E-state index in [4.69, 9.17) is 0 Å². The summed E-state index contributed by atoms with van der Waals surface area (Å²) in [6, 6.07) is 10.5. The number of imidazole rings is 1. The standard InChI is InChI=1S/C9H12.2C6H10N2.3C2H6.5CH4/c1-8(2)9-6-4-3-5-7-9;1-5(2)6-3-7-4-8-6;1-5(2)6-3-7-8-4-6;3*1-2;;;;;/h3-8H,1-2H3;2*3-5H,1-2H3,(H,7,8);3*1-2H3;5*1H4. The van der Waals surface area contributed by atoms with Gasteiger partial charge in [-0.25, -0.2) is 4.98 Å². The molecule has 2 N–H and O–H groups in total. The van der Waals surface area contributed by atoms with Crippen LogP contribution in [0, 0.1) is 0 Å². The molecule has 36 heavy (non-hydrogen) atoms. The summed E-state index contributed by atoms with van der Waals surface area (Å²) in [5, 5.41) is 6.58. The van der Waals surface area contributed by atoms with Crippen molar-refractivity contribution in [2.24, 2.45) is 0 Å². The molecule has 2 aromatic heterocycles. The smallest absolute Gasteiger partial charge is 0.0921 e. The van der Waals surface area contributed by atoms with Gasteiger partial charge in [0.05, 0.1) is 12.5 Å². The highest BCUT2D eigenvalue weighted by Gasteiger charge is 1.96. The van der Waals surface area contributed by atoms with Crippen LogP contribution < -0.4 is 0 Å². The highest BCUT2D eigenvalue weighted by Crippen LogP contribution is 2.12. The summed E-state index contributed by atoms with van der Waals surface area (Å²) < 4.78 is 0. The van der Waals surface area contributed by atoms with E-state index in [1.165, 1.54) is 16.8 Å². The Bertz CT molecular complexity index is 603. The maximum absolute atomic E-state index is 3.89. The summed E-state index contributed by atoms with van der Waals surface area (Å²) in [5.74, 6) is 1.82. The molecule has 0 aliphatic carbocycles. The number of aromatic nitrogens is 4. The molecule has 4 heteroatoms. The Kier molecular flexibility index (Phi) is 60.3. The minimum Gasteiger partial charge on any atom is -0.348 e. The summed E-state index contributed by atoms with van der Waals surface area (Å²) in [6.07, 6.45) is 7.33. The Morgan fingerprint density at radius 1 is 0.583 bits per heavy atom. The van der Waals surface area contributed by atoms with E-state index >= 15 is 0 Å². The van der Waals surface area contributed by atoms with Crippen LogP contribution in [0.4, 0.5) is 0 Å². The van der Waals surface area contributed by atoms with Crippen molar-refractivity contribution in [1.29, 1.82) is 0 Å². The molecule has 0 radical (unpaired) electrons. The monoisotopic (exact) mass is 511 g/mol. The molecular formula is C32H70N4. The molecular weight excluding hydrogens is 440 g/mol. The van der Waals surface area contributed by atoms with Crippen molar-refractivity contribution in [1.82, 2.24) is 20.2 Å². The van der Waals surface area contributed by atoms with Crippen molar-refractivity contribution in [2.45, 2.75) is 138 Å². The van der Waals surface area contributed by atoms with E-state index in [-0.39, 0.29) is 37.1 Å². The normalized spacial score (nSPS) is 7.64. The van der Waals surface area contributed by atoms with Crippen LogP contribution in [-0.4, -0.2) is 20.2 Å². The first-order chi connectivity index (χ1) is 14.9. The van der Waals surface area contributed by atoms with Gasteiger partial charge < -0.3 is 4.98 Å². The zero-order chi connectivity index (χ0) is 24.7. The van der Waals surface area contributed by atoms with Crippen molar-refractivity contribution in [3.05, 3.63) is 72.1 Å². The van der Waals surface area contributed by atoms with Gasteiger partial charge in [-0.15, -0.1) is 0 Å². The number of nitrogens with zero attached hydrogens (tertiary/aromatic N) is 2. The second-order valence-corrected chi connectivity index (χ2v) is 6.91. The maximum Gasteiger partial charge on any atom is 0.0921 e. The van der Waals surface area contributed by atoms with Gasteiger partial charge in [0.15, 0.2) is 0 Å². The summed E-state index contributed by atoms with van der Waals surface area (Å²) in [7, 11) is 0. The lowest BCUT2D eigenvalue weighted by molar-refractivity contribution is 0.832. The molecule has 0 aliphatic rings. The number of rotatable bonds is 3. The number of hydrogen-bond donors (Lipinski definition) is 2. The first-order valence-electron chi connectivity index (χ1n) is 11.9. The van der Waals surface area contributed by atoms with E-state index < -0.39 is 0 Å². The molecule has 0 unspecified atom stereocenters. The van der Waals surface area contributed by atoms with Gasteiger partial charge in [-0.05, 0) is 28.9 Å². The summed E-state index contributed by atoms with van der Waals surface area (Å²) >= 11 is 0. The van der Waals surface area contributed by atoms with Gasteiger partial charge in [-0.3, -0.25) is 5.10 Å². The quantitative estimate of drug-likeness (QED) is 0.368. The van der Waals surface area contributed by atoms with Gasteiger partial charge in [0.25, 0.3) is 0 Å². The third-order valence-corrected chi connectivity index (χ3v) is 3.79. The fourth-order valence-electron chi connectivity index (χ4n) is 2.00. The zero-order valence-electron chi connectivity index (χ0n) is 22.3. The molecule has 0 saturated heterocycles. The molecule has 0 atom stereocenters. The maximum atomic E-state index is 3.89. The predicted molar refractivity (Wildman–Crippen MR) is 174 cm³/mol. The van der Waals surface area contributed by atoms with Crippen molar-refractivity contribution in [2.75, 3.05) is 0 Å². The van der Waals surface area contributed by atoms with Crippen LogP contribution in [0.5, 0.6) is 0 Å².